The van der Waals surface area contributed by atoms with Gasteiger partial charge in [0.25, 0.3) is 5.91 Å². The van der Waals surface area contributed by atoms with E-state index in [1.165, 1.54) is 43.9 Å². The van der Waals surface area contributed by atoms with E-state index in [-0.39, 0.29) is 5.91 Å². The quantitative estimate of drug-likeness (QED) is 0.798. The molecule has 0 aliphatic heterocycles. The summed E-state index contributed by atoms with van der Waals surface area (Å²) in [7, 11) is 2.21. The average Bonchev–Trinajstić information content (AvgIpc) is 3.17. The molecule has 0 saturated heterocycles. The molecule has 5 nitrogen and oxygen atoms in total. The summed E-state index contributed by atoms with van der Waals surface area (Å²) in [6, 6.07) is 10.7. The van der Waals surface area contributed by atoms with Crippen molar-refractivity contribution in [1.29, 1.82) is 0 Å². The number of amides is 1. The highest BCUT2D eigenvalue weighted by Gasteiger charge is 2.19. The van der Waals surface area contributed by atoms with Gasteiger partial charge in [0.1, 0.15) is 12.0 Å². The second kappa shape index (κ2) is 9.01. The Morgan fingerprint density at radius 3 is 2.65 bits per heavy atom. The molecule has 140 valence electrons. The first-order valence-corrected chi connectivity index (χ1v) is 9.50. The van der Waals surface area contributed by atoms with Crippen LogP contribution in [0.4, 0.5) is 0 Å². The Bertz CT molecular complexity index is 720. The zero-order valence-corrected chi connectivity index (χ0v) is 15.5. The molecule has 0 spiro atoms. The zero-order chi connectivity index (χ0) is 18.4. The van der Waals surface area contributed by atoms with Crippen LogP contribution in [0, 0.1) is 0 Å². The Morgan fingerprint density at radius 1 is 1.23 bits per heavy atom. The fraction of sp³-hybridized carbons (Fsp3) is 0.476. The number of nitrogens with two attached hydrogens (primary N) is 1. The van der Waals surface area contributed by atoms with Crippen LogP contribution >= 0.6 is 0 Å². The SMILES string of the molecule is CN(Cc1ccccc1CNC(=O)c1coc(CN)c1)C1CCCCC1. The van der Waals surface area contributed by atoms with Crippen LogP contribution in [0.2, 0.25) is 0 Å². The molecule has 1 fully saturated rings. The lowest BCUT2D eigenvalue weighted by Gasteiger charge is -2.31. The Hall–Kier alpha value is -2.11. The van der Waals surface area contributed by atoms with E-state index in [1.807, 2.05) is 6.07 Å². The van der Waals surface area contributed by atoms with E-state index in [0.29, 0.717) is 30.5 Å². The molecule has 1 aromatic carbocycles. The van der Waals surface area contributed by atoms with Crippen molar-refractivity contribution in [3.05, 3.63) is 59.0 Å². The van der Waals surface area contributed by atoms with Gasteiger partial charge in [-0.25, -0.2) is 0 Å². The van der Waals surface area contributed by atoms with Crippen LogP contribution in [-0.2, 0) is 19.6 Å². The van der Waals surface area contributed by atoms with Crippen molar-refractivity contribution < 1.29 is 9.21 Å². The molecule has 1 aromatic heterocycles. The second-order valence-electron chi connectivity index (χ2n) is 7.16. The molecule has 5 heteroatoms. The molecule has 0 bridgehead atoms. The van der Waals surface area contributed by atoms with Gasteiger partial charge in [-0.2, -0.15) is 0 Å². The van der Waals surface area contributed by atoms with E-state index in [1.54, 1.807) is 6.07 Å². The lowest BCUT2D eigenvalue weighted by molar-refractivity contribution is 0.0950. The highest BCUT2D eigenvalue weighted by Crippen LogP contribution is 2.23. The fourth-order valence-corrected chi connectivity index (χ4v) is 3.69. The average molecular weight is 355 g/mol. The number of hydrogen-bond acceptors (Lipinski definition) is 4. The molecular formula is C21H29N3O2. The van der Waals surface area contributed by atoms with Gasteiger partial charge in [0.05, 0.1) is 12.1 Å². The van der Waals surface area contributed by atoms with Gasteiger partial charge in [0, 0.05) is 19.1 Å². The first-order chi connectivity index (χ1) is 12.7. The summed E-state index contributed by atoms with van der Waals surface area (Å²) in [5, 5.41) is 2.99. The van der Waals surface area contributed by atoms with E-state index in [0.717, 1.165) is 12.1 Å². The summed E-state index contributed by atoms with van der Waals surface area (Å²) in [5.74, 6) is 0.480. The molecule has 1 heterocycles. The van der Waals surface area contributed by atoms with Crippen molar-refractivity contribution >= 4 is 5.91 Å². The maximum Gasteiger partial charge on any atom is 0.254 e. The molecule has 0 unspecified atom stereocenters. The minimum atomic E-state index is -0.135. The monoisotopic (exact) mass is 355 g/mol. The molecular weight excluding hydrogens is 326 g/mol. The fourth-order valence-electron chi connectivity index (χ4n) is 3.69. The first-order valence-electron chi connectivity index (χ1n) is 9.50. The first kappa shape index (κ1) is 18.7. The Labute approximate surface area is 155 Å². The molecule has 0 radical (unpaired) electrons. The van der Waals surface area contributed by atoms with Gasteiger partial charge in [-0.3, -0.25) is 9.69 Å². The largest absolute Gasteiger partial charge is 0.467 e. The summed E-state index contributed by atoms with van der Waals surface area (Å²) >= 11 is 0. The predicted octanol–water partition coefficient (Wildman–Crippen LogP) is 3.43. The summed E-state index contributed by atoms with van der Waals surface area (Å²) in [4.78, 5) is 14.8. The minimum absolute atomic E-state index is 0.135. The summed E-state index contributed by atoms with van der Waals surface area (Å²) in [5.41, 5.74) is 8.47. The summed E-state index contributed by atoms with van der Waals surface area (Å²) in [6.45, 7) is 1.72. The maximum atomic E-state index is 12.3. The van der Waals surface area contributed by atoms with Gasteiger partial charge in [-0.05, 0) is 37.1 Å². The van der Waals surface area contributed by atoms with Crippen molar-refractivity contribution in [3.8, 4) is 0 Å². The summed E-state index contributed by atoms with van der Waals surface area (Å²) in [6.07, 6.45) is 8.08. The molecule has 26 heavy (non-hydrogen) atoms. The molecule has 1 aliphatic carbocycles. The Balaban J connectivity index is 1.60. The number of carbonyl (C=O) groups is 1. The van der Waals surface area contributed by atoms with Gasteiger partial charge in [-0.15, -0.1) is 0 Å². The van der Waals surface area contributed by atoms with Crippen molar-refractivity contribution in [3.63, 3.8) is 0 Å². The molecule has 1 aliphatic rings. The molecule has 1 amide bonds. The maximum absolute atomic E-state index is 12.3. The van der Waals surface area contributed by atoms with Crippen LogP contribution in [0.25, 0.3) is 0 Å². The number of carbonyl (C=O) groups excluding carboxylic acids is 1. The normalized spacial score (nSPS) is 15.3. The Kier molecular flexibility index (Phi) is 6.47. The third-order valence-electron chi connectivity index (χ3n) is 5.29. The number of nitrogens with one attached hydrogen (secondary N) is 1. The van der Waals surface area contributed by atoms with Crippen LogP contribution in [-0.4, -0.2) is 23.9 Å². The molecule has 1 saturated carbocycles. The number of rotatable bonds is 7. The van der Waals surface area contributed by atoms with Gasteiger partial charge >= 0.3 is 0 Å². The highest BCUT2D eigenvalue weighted by molar-refractivity contribution is 5.93. The third kappa shape index (κ3) is 4.74. The van der Waals surface area contributed by atoms with E-state index in [4.69, 9.17) is 10.2 Å². The van der Waals surface area contributed by atoms with E-state index >= 15 is 0 Å². The minimum Gasteiger partial charge on any atom is -0.467 e. The topological polar surface area (TPSA) is 71.5 Å². The molecule has 3 N–H and O–H groups in total. The third-order valence-corrected chi connectivity index (χ3v) is 5.29. The van der Waals surface area contributed by atoms with E-state index in [2.05, 4.69) is 35.5 Å². The van der Waals surface area contributed by atoms with Crippen molar-refractivity contribution in [1.82, 2.24) is 10.2 Å². The highest BCUT2D eigenvalue weighted by atomic mass is 16.3. The molecule has 0 atom stereocenters. The zero-order valence-electron chi connectivity index (χ0n) is 15.5. The summed E-state index contributed by atoms with van der Waals surface area (Å²) < 4.78 is 5.24. The van der Waals surface area contributed by atoms with Gasteiger partial charge in [0.15, 0.2) is 0 Å². The van der Waals surface area contributed by atoms with Crippen LogP contribution in [0.3, 0.4) is 0 Å². The van der Waals surface area contributed by atoms with Gasteiger partial charge in [0.2, 0.25) is 0 Å². The number of benzene rings is 1. The predicted molar refractivity (Wildman–Crippen MR) is 103 cm³/mol. The van der Waals surface area contributed by atoms with E-state index in [9.17, 15) is 4.79 Å². The van der Waals surface area contributed by atoms with Crippen LogP contribution in [0.5, 0.6) is 0 Å². The molecule has 3 rings (SSSR count). The van der Waals surface area contributed by atoms with E-state index < -0.39 is 0 Å². The number of hydrogen-bond donors (Lipinski definition) is 2. The lowest BCUT2D eigenvalue weighted by atomic mass is 9.94. The van der Waals surface area contributed by atoms with Gasteiger partial charge < -0.3 is 15.5 Å². The number of nitrogens with zero attached hydrogens (tertiary/aromatic N) is 1. The van der Waals surface area contributed by atoms with Crippen molar-refractivity contribution in [2.75, 3.05) is 7.05 Å². The Morgan fingerprint density at radius 2 is 1.96 bits per heavy atom. The standard InChI is InChI=1S/C21H29N3O2/c1-24(19-9-3-2-4-10-19)14-17-8-6-5-7-16(17)13-23-21(25)18-11-20(12-22)26-15-18/h5-8,11,15,19H,2-4,9-10,12-14,22H2,1H3,(H,23,25). The van der Waals surface area contributed by atoms with Crippen LogP contribution in [0.1, 0.15) is 59.3 Å². The smallest absolute Gasteiger partial charge is 0.254 e. The van der Waals surface area contributed by atoms with Crippen LogP contribution in [0.15, 0.2) is 41.0 Å². The number of furan rings is 1. The lowest BCUT2D eigenvalue weighted by Crippen LogP contribution is -2.33. The van der Waals surface area contributed by atoms with Crippen LogP contribution < -0.4 is 11.1 Å². The van der Waals surface area contributed by atoms with Crippen molar-refractivity contribution in [2.24, 2.45) is 5.73 Å². The van der Waals surface area contributed by atoms with Gasteiger partial charge in [-0.1, -0.05) is 43.5 Å². The second-order valence-corrected chi connectivity index (χ2v) is 7.16. The van der Waals surface area contributed by atoms with Crippen molar-refractivity contribution in [2.45, 2.75) is 57.8 Å². The molecule has 2 aromatic rings.